The second-order valence-electron chi connectivity index (χ2n) is 5.09. The van der Waals surface area contributed by atoms with Crippen molar-refractivity contribution < 1.29 is 9.53 Å². The summed E-state index contributed by atoms with van der Waals surface area (Å²) >= 11 is 0. The number of carbonyl (C=O) groups is 1. The molecule has 3 heteroatoms. The van der Waals surface area contributed by atoms with Gasteiger partial charge >= 0.3 is 5.97 Å². The minimum atomic E-state index is -0.463. The molecule has 1 N–H and O–H groups in total. The van der Waals surface area contributed by atoms with Gasteiger partial charge in [-0.15, -0.1) is 0 Å². The highest BCUT2D eigenvalue weighted by molar-refractivity contribution is 5.90. The standard InChI is InChI=1S/C15H21NO2/c1-15(2,3)18-14(17)13-9-5-7-12(11-13)8-6-10-16-4/h5-9,11,16H,10H2,1-4H3. The van der Waals surface area contributed by atoms with Gasteiger partial charge in [0, 0.05) is 6.54 Å². The van der Waals surface area contributed by atoms with Crippen LogP contribution in [0.4, 0.5) is 0 Å². The number of carbonyl (C=O) groups excluding carboxylic acids is 1. The van der Waals surface area contributed by atoms with Crippen LogP contribution in [-0.4, -0.2) is 25.2 Å². The van der Waals surface area contributed by atoms with Crippen LogP contribution in [0.5, 0.6) is 0 Å². The molecule has 0 heterocycles. The molecular formula is C15H21NO2. The molecule has 0 aliphatic carbocycles. The van der Waals surface area contributed by atoms with E-state index in [1.54, 1.807) is 6.07 Å². The Morgan fingerprint density at radius 2 is 2.11 bits per heavy atom. The lowest BCUT2D eigenvalue weighted by Gasteiger charge is -2.19. The third-order valence-electron chi connectivity index (χ3n) is 2.15. The molecule has 0 saturated carbocycles. The molecule has 18 heavy (non-hydrogen) atoms. The lowest BCUT2D eigenvalue weighted by Crippen LogP contribution is -2.23. The monoisotopic (exact) mass is 247 g/mol. The van der Waals surface area contributed by atoms with Crippen LogP contribution in [0.25, 0.3) is 6.08 Å². The van der Waals surface area contributed by atoms with Crippen LogP contribution in [0.15, 0.2) is 30.3 Å². The van der Waals surface area contributed by atoms with Crippen molar-refractivity contribution in [2.45, 2.75) is 26.4 Å². The Bertz CT molecular complexity index is 430. The van der Waals surface area contributed by atoms with Gasteiger partial charge in [0.25, 0.3) is 0 Å². The molecule has 0 radical (unpaired) electrons. The summed E-state index contributed by atoms with van der Waals surface area (Å²) in [6.45, 7) is 6.39. The summed E-state index contributed by atoms with van der Waals surface area (Å²) in [5, 5.41) is 3.03. The Balaban J connectivity index is 2.78. The first kappa shape index (κ1) is 14.5. The third-order valence-corrected chi connectivity index (χ3v) is 2.15. The number of esters is 1. The molecule has 1 rings (SSSR count). The average Bonchev–Trinajstić information content (AvgIpc) is 2.27. The summed E-state index contributed by atoms with van der Waals surface area (Å²) in [4.78, 5) is 11.9. The van der Waals surface area contributed by atoms with E-state index in [9.17, 15) is 4.79 Å². The van der Waals surface area contributed by atoms with Gasteiger partial charge in [-0.1, -0.05) is 24.3 Å². The number of nitrogens with one attached hydrogen (secondary N) is 1. The van der Waals surface area contributed by atoms with Crippen LogP contribution in [0, 0.1) is 0 Å². The van der Waals surface area contributed by atoms with E-state index in [4.69, 9.17) is 4.74 Å². The fourth-order valence-corrected chi connectivity index (χ4v) is 1.42. The molecule has 1 aromatic carbocycles. The average molecular weight is 247 g/mol. The first-order chi connectivity index (χ1) is 8.42. The molecule has 1 aromatic rings. The fourth-order valence-electron chi connectivity index (χ4n) is 1.42. The van der Waals surface area contributed by atoms with Gasteiger partial charge in [0.05, 0.1) is 5.56 Å². The van der Waals surface area contributed by atoms with E-state index in [0.717, 1.165) is 12.1 Å². The molecule has 98 valence electrons. The maximum atomic E-state index is 11.9. The van der Waals surface area contributed by atoms with E-state index in [0.29, 0.717) is 5.56 Å². The summed E-state index contributed by atoms with van der Waals surface area (Å²) in [6, 6.07) is 7.42. The van der Waals surface area contributed by atoms with Crippen LogP contribution in [0.2, 0.25) is 0 Å². The molecular weight excluding hydrogens is 226 g/mol. The molecule has 0 saturated heterocycles. The summed E-state index contributed by atoms with van der Waals surface area (Å²) in [6.07, 6.45) is 3.98. The molecule has 0 fully saturated rings. The largest absolute Gasteiger partial charge is 0.456 e. The Kier molecular flexibility index (Phi) is 5.10. The molecule has 0 spiro atoms. The Morgan fingerprint density at radius 1 is 1.39 bits per heavy atom. The van der Waals surface area contributed by atoms with Crippen LogP contribution in [0.3, 0.4) is 0 Å². The van der Waals surface area contributed by atoms with E-state index >= 15 is 0 Å². The van der Waals surface area contributed by atoms with E-state index < -0.39 is 5.60 Å². The summed E-state index contributed by atoms with van der Waals surface area (Å²) in [5.74, 6) is -0.286. The van der Waals surface area contributed by atoms with Crippen molar-refractivity contribution in [1.82, 2.24) is 5.32 Å². The SMILES string of the molecule is CNCC=Cc1cccc(C(=O)OC(C)(C)C)c1. The first-order valence-electron chi connectivity index (χ1n) is 6.07. The van der Waals surface area contributed by atoms with Crippen molar-refractivity contribution in [1.29, 1.82) is 0 Å². The number of rotatable bonds is 4. The van der Waals surface area contributed by atoms with Crippen LogP contribution in [0.1, 0.15) is 36.7 Å². The van der Waals surface area contributed by atoms with E-state index in [-0.39, 0.29) is 5.97 Å². The lowest BCUT2D eigenvalue weighted by molar-refractivity contribution is 0.00695. The zero-order valence-corrected chi connectivity index (χ0v) is 11.5. The second-order valence-corrected chi connectivity index (χ2v) is 5.09. The van der Waals surface area contributed by atoms with Crippen LogP contribution in [-0.2, 0) is 4.74 Å². The van der Waals surface area contributed by atoms with Gasteiger partial charge in [-0.2, -0.15) is 0 Å². The smallest absolute Gasteiger partial charge is 0.338 e. The number of ether oxygens (including phenoxy) is 1. The van der Waals surface area contributed by atoms with Crippen LogP contribution >= 0.6 is 0 Å². The normalized spacial score (nSPS) is 11.8. The zero-order chi connectivity index (χ0) is 13.6. The molecule has 0 aromatic heterocycles. The molecule has 0 aliphatic rings. The molecule has 0 bridgehead atoms. The minimum absolute atomic E-state index is 0.286. The van der Waals surface area contributed by atoms with E-state index in [1.165, 1.54) is 0 Å². The quantitative estimate of drug-likeness (QED) is 0.831. The van der Waals surface area contributed by atoms with Crippen molar-refractivity contribution in [3.63, 3.8) is 0 Å². The van der Waals surface area contributed by atoms with E-state index in [1.807, 2.05) is 58.2 Å². The summed E-state index contributed by atoms with van der Waals surface area (Å²) in [5.41, 5.74) is 1.11. The number of hydrogen-bond donors (Lipinski definition) is 1. The number of hydrogen-bond acceptors (Lipinski definition) is 3. The van der Waals surface area contributed by atoms with Gasteiger partial charge in [0.1, 0.15) is 5.60 Å². The maximum Gasteiger partial charge on any atom is 0.338 e. The Morgan fingerprint density at radius 3 is 2.72 bits per heavy atom. The lowest BCUT2D eigenvalue weighted by atomic mass is 10.1. The molecule has 0 unspecified atom stereocenters. The molecule has 0 aliphatic heterocycles. The zero-order valence-electron chi connectivity index (χ0n) is 11.5. The number of likely N-dealkylation sites (N-methyl/N-ethyl adjacent to an activating group) is 1. The van der Waals surface area contributed by atoms with Crippen molar-refractivity contribution in [3.05, 3.63) is 41.5 Å². The minimum Gasteiger partial charge on any atom is -0.456 e. The molecule has 0 atom stereocenters. The second kappa shape index (κ2) is 6.36. The highest BCUT2D eigenvalue weighted by Gasteiger charge is 2.17. The van der Waals surface area contributed by atoms with Gasteiger partial charge < -0.3 is 10.1 Å². The van der Waals surface area contributed by atoms with Gasteiger partial charge in [0.15, 0.2) is 0 Å². The van der Waals surface area contributed by atoms with Gasteiger partial charge in [-0.25, -0.2) is 4.79 Å². The topological polar surface area (TPSA) is 38.3 Å². The fraction of sp³-hybridized carbons (Fsp3) is 0.400. The summed E-state index contributed by atoms with van der Waals surface area (Å²) in [7, 11) is 1.89. The highest BCUT2D eigenvalue weighted by atomic mass is 16.6. The third kappa shape index (κ3) is 5.15. The van der Waals surface area contributed by atoms with Gasteiger partial charge in [-0.05, 0) is 45.5 Å². The summed E-state index contributed by atoms with van der Waals surface area (Å²) < 4.78 is 5.33. The highest BCUT2D eigenvalue weighted by Crippen LogP contribution is 2.13. The number of benzene rings is 1. The predicted octanol–water partition coefficient (Wildman–Crippen LogP) is 2.87. The van der Waals surface area contributed by atoms with Crippen LogP contribution < -0.4 is 5.32 Å². The van der Waals surface area contributed by atoms with Crippen molar-refractivity contribution in [3.8, 4) is 0 Å². The Labute approximate surface area is 109 Å². The predicted molar refractivity (Wildman–Crippen MR) is 74.6 cm³/mol. The van der Waals surface area contributed by atoms with Crippen molar-refractivity contribution in [2.75, 3.05) is 13.6 Å². The Hall–Kier alpha value is -1.61. The van der Waals surface area contributed by atoms with E-state index in [2.05, 4.69) is 5.32 Å². The first-order valence-corrected chi connectivity index (χ1v) is 6.07. The van der Waals surface area contributed by atoms with Crippen molar-refractivity contribution in [2.24, 2.45) is 0 Å². The van der Waals surface area contributed by atoms with Crippen molar-refractivity contribution >= 4 is 12.0 Å². The maximum absolute atomic E-state index is 11.9. The molecule has 3 nitrogen and oxygen atoms in total. The van der Waals surface area contributed by atoms with Gasteiger partial charge in [-0.3, -0.25) is 0 Å². The molecule has 0 amide bonds. The van der Waals surface area contributed by atoms with Gasteiger partial charge in [0.2, 0.25) is 0 Å².